The summed E-state index contributed by atoms with van der Waals surface area (Å²) < 4.78 is 10.8. The molecule has 0 amide bonds. The fourth-order valence-corrected chi connectivity index (χ4v) is 1.68. The summed E-state index contributed by atoms with van der Waals surface area (Å²) in [6.45, 7) is 0.599. The van der Waals surface area contributed by atoms with Gasteiger partial charge in [-0.05, 0) is 29.8 Å². The molecule has 0 bridgehead atoms. The SMILES string of the molecule is O=[N+]([O-])c1ccc(OCc2ccc(OCCO)cc2)cc1. The Hall–Kier alpha value is -2.60. The number of aliphatic hydroxyl groups excluding tert-OH is 1. The summed E-state index contributed by atoms with van der Waals surface area (Å²) in [7, 11) is 0. The molecule has 0 fully saturated rings. The molecule has 1 N–H and O–H groups in total. The number of hydrogen-bond donors (Lipinski definition) is 1. The maximum Gasteiger partial charge on any atom is 0.269 e. The van der Waals surface area contributed by atoms with E-state index in [1.165, 1.54) is 12.1 Å². The first-order valence-electron chi connectivity index (χ1n) is 6.39. The highest BCUT2D eigenvalue weighted by Gasteiger charge is 2.04. The van der Waals surface area contributed by atoms with E-state index in [1.807, 2.05) is 12.1 Å². The third-order valence-corrected chi connectivity index (χ3v) is 2.74. The third kappa shape index (κ3) is 4.47. The lowest BCUT2D eigenvalue weighted by molar-refractivity contribution is -0.384. The number of aliphatic hydroxyl groups is 1. The predicted molar refractivity (Wildman–Crippen MR) is 76.5 cm³/mol. The van der Waals surface area contributed by atoms with Gasteiger partial charge in [0.2, 0.25) is 0 Å². The summed E-state index contributed by atoms with van der Waals surface area (Å²) in [5, 5.41) is 19.2. The van der Waals surface area contributed by atoms with Crippen LogP contribution in [-0.4, -0.2) is 23.2 Å². The zero-order chi connectivity index (χ0) is 15.1. The minimum absolute atomic E-state index is 0.0228. The van der Waals surface area contributed by atoms with Crippen molar-refractivity contribution in [2.45, 2.75) is 6.61 Å². The summed E-state index contributed by atoms with van der Waals surface area (Å²) in [5.41, 5.74) is 0.984. The summed E-state index contributed by atoms with van der Waals surface area (Å²) in [6.07, 6.45) is 0. The number of benzene rings is 2. The van der Waals surface area contributed by atoms with Crippen LogP contribution in [0.1, 0.15) is 5.56 Å². The molecule has 2 aromatic rings. The maximum atomic E-state index is 10.5. The van der Waals surface area contributed by atoms with Crippen LogP contribution in [0.2, 0.25) is 0 Å². The van der Waals surface area contributed by atoms with Gasteiger partial charge in [-0.1, -0.05) is 12.1 Å². The fraction of sp³-hybridized carbons (Fsp3) is 0.200. The van der Waals surface area contributed by atoms with Crippen molar-refractivity contribution >= 4 is 5.69 Å². The van der Waals surface area contributed by atoms with Crippen molar-refractivity contribution in [3.8, 4) is 11.5 Å². The molecule has 2 aromatic carbocycles. The average Bonchev–Trinajstić information content (AvgIpc) is 2.52. The van der Waals surface area contributed by atoms with Crippen LogP contribution in [0.4, 0.5) is 5.69 Å². The average molecular weight is 289 g/mol. The second-order valence-corrected chi connectivity index (χ2v) is 4.26. The van der Waals surface area contributed by atoms with Crippen molar-refractivity contribution in [2.24, 2.45) is 0 Å². The monoisotopic (exact) mass is 289 g/mol. The third-order valence-electron chi connectivity index (χ3n) is 2.74. The molecule has 110 valence electrons. The molecule has 6 heteroatoms. The van der Waals surface area contributed by atoms with Crippen molar-refractivity contribution in [2.75, 3.05) is 13.2 Å². The predicted octanol–water partition coefficient (Wildman–Crippen LogP) is 2.54. The molecule has 0 atom stereocenters. The Bertz CT molecular complexity index is 580. The first kappa shape index (κ1) is 14.8. The molecule has 0 saturated carbocycles. The smallest absolute Gasteiger partial charge is 0.269 e. The quantitative estimate of drug-likeness (QED) is 0.625. The van der Waals surface area contributed by atoms with Gasteiger partial charge in [-0.25, -0.2) is 0 Å². The van der Waals surface area contributed by atoms with E-state index < -0.39 is 4.92 Å². The maximum absolute atomic E-state index is 10.5. The van der Waals surface area contributed by atoms with Gasteiger partial charge in [-0.2, -0.15) is 0 Å². The van der Waals surface area contributed by atoms with Crippen molar-refractivity contribution in [3.63, 3.8) is 0 Å². The van der Waals surface area contributed by atoms with Gasteiger partial charge in [0.25, 0.3) is 5.69 Å². The number of non-ortho nitro benzene ring substituents is 1. The summed E-state index contributed by atoms with van der Waals surface area (Å²) in [6, 6.07) is 13.3. The Morgan fingerprint density at radius 2 is 1.52 bits per heavy atom. The lowest BCUT2D eigenvalue weighted by atomic mass is 10.2. The molecule has 21 heavy (non-hydrogen) atoms. The Kier molecular flexibility index (Phi) is 5.11. The van der Waals surface area contributed by atoms with Crippen molar-refractivity contribution < 1.29 is 19.5 Å². The van der Waals surface area contributed by atoms with E-state index in [0.717, 1.165) is 5.56 Å². The van der Waals surface area contributed by atoms with Gasteiger partial charge < -0.3 is 14.6 Å². The van der Waals surface area contributed by atoms with E-state index in [0.29, 0.717) is 18.1 Å². The number of nitro benzene ring substituents is 1. The Morgan fingerprint density at radius 3 is 2.10 bits per heavy atom. The number of nitrogens with zero attached hydrogens (tertiary/aromatic N) is 1. The molecule has 0 aliphatic carbocycles. The van der Waals surface area contributed by atoms with Crippen molar-refractivity contribution in [1.82, 2.24) is 0 Å². The van der Waals surface area contributed by atoms with E-state index in [2.05, 4.69) is 0 Å². The molecule has 2 rings (SSSR count). The normalized spacial score (nSPS) is 10.1. The Balaban J connectivity index is 1.88. The molecule has 0 spiro atoms. The number of hydrogen-bond acceptors (Lipinski definition) is 5. The van der Waals surface area contributed by atoms with Crippen LogP contribution in [0.25, 0.3) is 0 Å². The van der Waals surface area contributed by atoms with Crippen molar-refractivity contribution in [1.29, 1.82) is 0 Å². The number of rotatable bonds is 7. The summed E-state index contributed by atoms with van der Waals surface area (Å²) in [5.74, 6) is 1.25. The van der Waals surface area contributed by atoms with E-state index in [1.54, 1.807) is 24.3 Å². The van der Waals surface area contributed by atoms with E-state index in [9.17, 15) is 10.1 Å². The molecule has 0 heterocycles. The molecule has 6 nitrogen and oxygen atoms in total. The van der Waals surface area contributed by atoms with Gasteiger partial charge in [-0.15, -0.1) is 0 Å². The molecule has 0 radical (unpaired) electrons. The minimum Gasteiger partial charge on any atom is -0.491 e. The molecular formula is C15H15NO5. The topological polar surface area (TPSA) is 81.8 Å². The second kappa shape index (κ2) is 7.25. The Labute approximate surface area is 121 Å². The largest absolute Gasteiger partial charge is 0.491 e. The molecule has 0 saturated heterocycles. The fourth-order valence-electron chi connectivity index (χ4n) is 1.68. The van der Waals surface area contributed by atoms with Crippen LogP contribution in [0.15, 0.2) is 48.5 Å². The minimum atomic E-state index is -0.450. The van der Waals surface area contributed by atoms with Gasteiger partial charge in [0, 0.05) is 12.1 Å². The van der Waals surface area contributed by atoms with Crippen molar-refractivity contribution in [3.05, 3.63) is 64.2 Å². The lowest BCUT2D eigenvalue weighted by Gasteiger charge is -2.08. The second-order valence-electron chi connectivity index (χ2n) is 4.26. The van der Waals surface area contributed by atoms with Crippen LogP contribution in [0.5, 0.6) is 11.5 Å². The van der Waals surface area contributed by atoms with E-state index in [-0.39, 0.29) is 18.9 Å². The van der Waals surface area contributed by atoms with Gasteiger partial charge in [0.15, 0.2) is 0 Å². The molecule has 0 aromatic heterocycles. The van der Waals surface area contributed by atoms with Gasteiger partial charge in [0.1, 0.15) is 24.7 Å². The van der Waals surface area contributed by atoms with Gasteiger partial charge in [-0.3, -0.25) is 10.1 Å². The summed E-state index contributed by atoms with van der Waals surface area (Å²) >= 11 is 0. The zero-order valence-electron chi connectivity index (χ0n) is 11.3. The molecular weight excluding hydrogens is 274 g/mol. The molecule has 0 aliphatic heterocycles. The number of nitro groups is 1. The molecule has 0 aliphatic rings. The summed E-state index contributed by atoms with van der Waals surface area (Å²) in [4.78, 5) is 10.1. The number of ether oxygens (including phenoxy) is 2. The lowest BCUT2D eigenvalue weighted by Crippen LogP contribution is -2.01. The van der Waals surface area contributed by atoms with Crippen LogP contribution < -0.4 is 9.47 Å². The van der Waals surface area contributed by atoms with Crippen LogP contribution in [0, 0.1) is 10.1 Å². The highest BCUT2D eigenvalue weighted by Crippen LogP contribution is 2.19. The zero-order valence-corrected chi connectivity index (χ0v) is 11.3. The van der Waals surface area contributed by atoms with Gasteiger partial charge in [0.05, 0.1) is 11.5 Å². The van der Waals surface area contributed by atoms with Crippen LogP contribution >= 0.6 is 0 Å². The van der Waals surface area contributed by atoms with Crippen LogP contribution in [-0.2, 0) is 6.61 Å². The van der Waals surface area contributed by atoms with Gasteiger partial charge >= 0.3 is 0 Å². The van der Waals surface area contributed by atoms with Crippen LogP contribution in [0.3, 0.4) is 0 Å². The standard InChI is InChI=1S/C15H15NO5/c17-9-10-20-14-5-1-12(2-6-14)11-21-15-7-3-13(4-8-15)16(18)19/h1-8,17H,9-11H2. The highest BCUT2D eigenvalue weighted by molar-refractivity contribution is 5.36. The Morgan fingerprint density at radius 1 is 0.952 bits per heavy atom. The first-order valence-corrected chi connectivity index (χ1v) is 6.39. The van der Waals surface area contributed by atoms with E-state index >= 15 is 0 Å². The highest BCUT2D eigenvalue weighted by atomic mass is 16.6. The molecule has 0 unspecified atom stereocenters. The first-order chi connectivity index (χ1) is 10.2. The van der Waals surface area contributed by atoms with E-state index in [4.69, 9.17) is 14.6 Å².